The number of para-hydroxylation sites is 1. The van der Waals surface area contributed by atoms with E-state index in [0.29, 0.717) is 20.8 Å². The molecule has 1 aliphatic heterocycles. The molecule has 0 N–H and O–H groups in total. The van der Waals surface area contributed by atoms with Crippen molar-refractivity contribution in [1.29, 1.82) is 0 Å². The molecule has 0 bridgehead atoms. The maximum atomic E-state index is 12.9. The zero-order valence-corrected chi connectivity index (χ0v) is 23.9. The highest BCUT2D eigenvalue weighted by Gasteiger charge is 2.35. The van der Waals surface area contributed by atoms with E-state index in [0.717, 1.165) is 16.7 Å². The van der Waals surface area contributed by atoms with Crippen molar-refractivity contribution in [3.8, 4) is 17.2 Å². The number of halogens is 2. The van der Waals surface area contributed by atoms with Gasteiger partial charge in [-0.25, -0.2) is 0 Å². The monoisotopic (exact) mass is 637 g/mol. The summed E-state index contributed by atoms with van der Waals surface area (Å²) in [6.07, 6.45) is 1.53. The first-order valence-corrected chi connectivity index (χ1v) is 14.7. The van der Waals surface area contributed by atoms with E-state index in [9.17, 15) is 18.0 Å². The Morgan fingerprint density at radius 2 is 1.71 bits per heavy atom. The molecule has 2 amide bonds. The number of hydrogen-bond acceptors (Lipinski definition) is 8. The van der Waals surface area contributed by atoms with Gasteiger partial charge in [0, 0.05) is 0 Å². The molecular formula is C26H21BrClNO7S2. The number of imide groups is 1. The molecule has 1 saturated heterocycles. The minimum Gasteiger partial charge on any atom is -0.490 e. The third-order valence-electron chi connectivity index (χ3n) is 5.14. The number of rotatable bonds is 10. The topological polar surface area (TPSA) is 99.2 Å². The maximum Gasteiger partial charge on any atom is 0.339 e. The number of carbonyl (C=O) groups is 2. The van der Waals surface area contributed by atoms with Crippen molar-refractivity contribution in [2.24, 2.45) is 0 Å². The summed E-state index contributed by atoms with van der Waals surface area (Å²) < 4.78 is 42.5. The Hall–Kier alpha value is -2.99. The standard InChI is InChI=1S/C26H21BrClNO7S2/c1-2-34-22-15-17(14-19(27)24(22)36-38(32,33)18-8-4-3-5-9-18)16-23-25(30)29(26(31)37-23)12-13-35-21-11-7-6-10-20(21)28/h3-11,14-16H,2,12-13H2,1H3/b23-16-. The third kappa shape index (κ3) is 6.52. The van der Waals surface area contributed by atoms with Gasteiger partial charge in [0.2, 0.25) is 0 Å². The number of nitrogens with zero attached hydrogens (tertiary/aromatic N) is 1. The van der Waals surface area contributed by atoms with E-state index >= 15 is 0 Å². The molecule has 1 fully saturated rings. The number of carbonyl (C=O) groups excluding carboxylic acids is 2. The lowest BCUT2D eigenvalue weighted by atomic mass is 10.2. The van der Waals surface area contributed by atoms with Gasteiger partial charge in [0.15, 0.2) is 11.5 Å². The van der Waals surface area contributed by atoms with E-state index in [1.165, 1.54) is 18.2 Å². The first kappa shape index (κ1) is 28.0. The smallest absolute Gasteiger partial charge is 0.339 e. The van der Waals surface area contributed by atoms with Crippen LogP contribution in [0, 0.1) is 0 Å². The molecule has 0 atom stereocenters. The predicted molar refractivity (Wildman–Crippen MR) is 149 cm³/mol. The van der Waals surface area contributed by atoms with Crippen LogP contribution in [0.3, 0.4) is 0 Å². The molecule has 8 nitrogen and oxygen atoms in total. The molecule has 3 aromatic rings. The molecule has 1 aliphatic rings. The molecule has 4 rings (SSSR count). The van der Waals surface area contributed by atoms with Crippen molar-refractivity contribution in [2.45, 2.75) is 11.8 Å². The van der Waals surface area contributed by atoms with Crippen LogP contribution in [-0.2, 0) is 14.9 Å². The summed E-state index contributed by atoms with van der Waals surface area (Å²) in [6, 6.07) is 17.8. The van der Waals surface area contributed by atoms with Crippen LogP contribution < -0.4 is 13.7 Å². The fraction of sp³-hybridized carbons (Fsp3) is 0.154. The van der Waals surface area contributed by atoms with E-state index in [1.807, 2.05) is 0 Å². The van der Waals surface area contributed by atoms with E-state index < -0.39 is 21.3 Å². The number of benzene rings is 3. The second-order valence-electron chi connectivity index (χ2n) is 7.73. The molecule has 0 aromatic heterocycles. The van der Waals surface area contributed by atoms with Crippen molar-refractivity contribution >= 4 is 66.6 Å². The van der Waals surface area contributed by atoms with Gasteiger partial charge in [0.05, 0.1) is 27.6 Å². The van der Waals surface area contributed by atoms with Crippen LogP contribution in [0.25, 0.3) is 6.08 Å². The Morgan fingerprint density at radius 1 is 1.00 bits per heavy atom. The molecule has 3 aromatic carbocycles. The highest BCUT2D eigenvalue weighted by Crippen LogP contribution is 2.40. The summed E-state index contributed by atoms with van der Waals surface area (Å²) in [5.74, 6) is 0.114. The lowest BCUT2D eigenvalue weighted by Crippen LogP contribution is -2.32. The largest absolute Gasteiger partial charge is 0.490 e. The van der Waals surface area contributed by atoms with Crippen LogP contribution in [0.2, 0.25) is 5.02 Å². The van der Waals surface area contributed by atoms with Gasteiger partial charge in [-0.3, -0.25) is 14.5 Å². The summed E-state index contributed by atoms with van der Waals surface area (Å²) >= 11 is 10.2. The molecule has 12 heteroatoms. The van der Waals surface area contributed by atoms with Gasteiger partial charge in [-0.05, 0) is 82.7 Å². The van der Waals surface area contributed by atoms with Crippen molar-refractivity contribution < 1.29 is 31.7 Å². The van der Waals surface area contributed by atoms with Gasteiger partial charge in [0.1, 0.15) is 17.3 Å². The molecule has 0 spiro atoms. The summed E-state index contributed by atoms with van der Waals surface area (Å²) in [5.41, 5.74) is 0.502. The van der Waals surface area contributed by atoms with Crippen LogP contribution >= 0.6 is 39.3 Å². The number of thioether (sulfide) groups is 1. The molecule has 38 heavy (non-hydrogen) atoms. The average Bonchev–Trinajstić information content (AvgIpc) is 3.15. The predicted octanol–water partition coefficient (Wildman–Crippen LogP) is 6.38. The molecule has 0 unspecified atom stereocenters. The maximum absolute atomic E-state index is 12.9. The van der Waals surface area contributed by atoms with Gasteiger partial charge >= 0.3 is 10.1 Å². The van der Waals surface area contributed by atoms with Gasteiger partial charge in [-0.15, -0.1) is 0 Å². The van der Waals surface area contributed by atoms with Crippen LogP contribution in [0.1, 0.15) is 12.5 Å². The van der Waals surface area contributed by atoms with Crippen LogP contribution in [0.4, 0.5) is 4.79 Å². The Labute approximate surface area is 237 Å². The normalized spacial score (nSPS) is 14.7. The molecule has 0 saturated carbocycles. The Bertz CT molecular complexity index is 1500. The zero-order valence-electron chi connectivity index (χ0n) is 19.9. The summed E-state index contributed by atoms with van der Waals surface area (Å²) in [4.78, 5) is 26.7. The fourth-order valence-electron chi connectivity index (χ4n) is 3.41. The Balaban J connectivity index is 1.52. The van der Waals surface area contributed by atoms with E-state index in [1.54, 1.807) is 61.5 Å². The lowest BCUT2D eigenvalue weighted by Gasteiger charge is -2.15. The first-order chi connectivity index (χ1) is 18.2. The van der Waals surface area contributed by atoms with E-state index in [2.05, 4.69) is 15.9 Å². The summed E-state index contributed by atoms with van der Waals surface area (Å²) in [6.45, 7) is 2.11. The highest BCUT2D eigenvalue weighted by atomic mass is 79.9. The Morgan fingerprint density at radius 3 is 2.42 bits per heavy atom. The summed E-state index contributed by atoms with van der Waals surface area (Å²) in [5, 5.41) is 0.00298. The average molecular weight is 639 g/mol. The van der Waals surface area contributed by atoms with Gasteiger partial charge in [-0.1, -0.05) is 41.9 Å². The van der Waals surface area contributed by atoms with Crippen molar-refractivity contribution in [3.63, 3.8) is 0 Å². The summed E-state index contributed by atoms with van der Waals surface area (Å²) in [7, 11) is -4.12. The number of ether oxygens (including phenoxy) is 2. The zero-order chi connectivity index (χ0) is 27.3. The third-order valence-corrected chi connectivity index (χ3v) is 8.18. The van der Waals surface area contributed by atoms with Gasteiger partial charge < -0.3 is 13.7 Å². The van der Waals surface area contributed by atoms with Crippen LogP contribution in [0.5, 0.6) is 17.2 Å². The van der Waals surface area contributed by atoms with Gasteiger partial charge in [0.25, 0.3) is 11.1 Å². The van der Waals surface area contributed by atoms with Crippen LogP contribution in [0.15, 0.2) is 81.0 Å². The minimum atomic E-state index is -4.12. The SMILES string of the molecule is CCOc1cc(/C=C2\SC(=O)N(CCOc3ccccc3Cl)C2=O)cc(Br)c1OS(=O)(=O)c1ccccc1. The highest BCUT2D eigenvalue weighted by molar-refractivity contribution is 9.10. The number of amides is 2. The van der Waals surface area contributed by atoms with E-state index in [4.69, 9.17) is 25.3 Å². The Kier molecular flexibility index (Phi) is 9.03. The quantitative estimate of drug-likeness (QED) is 0.186. The van der Waals surface area contributed by atoms with E-state index in [-0.39, 0.29) is 41.1 Å². The molecule has 0 radical (unpaired) electrons. The van der Waals surface area contributed by atoms with Crippen LogP contribution in [-0.4, -0.2) is 44.2 Å². The van der Waals surface area contributed by atoms with Crippen molar-refractivity contribution in [1.82, 2.24) is 4.90 Å². The molecule has 1 heterocycles. The van der Waals surface area contributed by atoms with Crippen molar-refractivity contribution in [2.75, 3.05) is 19.8 Å². The first-order valence-electron chi connectivity index (χ1n) is 11.3. The molecule has 0 aliphatic carbocycles. The lowest BCUT2D eigenvalue weighted by molar-refractivity contribution is -0.123. The van der Waals surface area contributed by atoms with Gasteiger partial charge in [-0.2, -0.15) is 8.42 Å². The van der Waals surface area contributed by atoms with Crippen molar-refractivity contribution in [3.05, 3.63) is 86.7 Å². The molecule has 198 valence electrons. The number of hydrogen-bond donors (Lipinski definition) is 0. The molecular weight excluding hydrogens is 618 g/mol. The second kappa shape index (κ2) is 12.2. The second-order valence-corrected chi connectivity index (χ2v) is 11.5. The fourth-order valence-corrected chi connectivity index (χ4v) is 6.09. The minimum absolute atomic E-state index is 0.00869.